The minimum Gasteiger partial charge on any atom is -0.378 e. The molecule has 0 atom stereocenters. The third-order valence-corrected chi connectivity index (χ3v) is 4.76. The first-order chi connectivity index (χ1) is 15.3. The lowest BCUT2D eigenvalue weighted by molar-refractivity contribution is -0.132. The van der Waals surface area contributed by atoms with Crippen LogP contribution in [0.15, 0.2) is 42.5 Å². The van der Waals surface area contributed by atoms with Gasteiger partial charge in [-0.15, -0.1) is 0 Å². The molecule has 0 spiro atoms. The second-order valence-electron chi connectivity index (χ2n) is 6.60. The minimum absolute atomic E-state index is 0.142. The number of morpholine rings is 1. The molecule has 12 heteroatoms. The van der Waals surface area contributed by atoms with Crippen LogP contribution in [-0.2, 0) is 9.53 Å². The Kier molecular flexibility index (Phi) is 7.54. The largest absolute Gasteiger partial charge is 0.378 e. The van der Waals surface area contributed by atoms with Gasteiger partial charge in [-0.2, -0.15) is 8.78 Å². The Bertz CT molecular complexity index is 1000. The van der Waals surface area contributed by atoms with E-state index in [1.165, 1.54) is 22.5 Å². The number of anilines is 2. The molecule has 1 heterocycles. The van der Waals surface area contributed by atoms with Crippen molar-refractivity contribution in [2.24, 2.45) is 0 Å². The van der Waals surface area contributed by atoms with Gasteiger partial charge in [0.25, 0.3) is 5.91 Å². The molecular weight excluding hydrogens is 453 g/mol. The zero-order chi connectivity index (χ0) is 23.3. The molecule has 2 aromatic carbocycles. The first-order valence-corrected chi connectivity index (χ1v) is 9.76. The first-order valence-electron chi connectivity index (χ1n) is 9.38. The van der Waals surface area contributed by atoms with Crippen LogP contribution in [-0.4, -0.2) is 55.5 Å². The van der Waals surface area contributed by atoms with Crippen LogP contribution in [0.25, 0.3) is 0 Å². The Morgan fingerprint density at radius 1 is 1.03 bits per heavy atom. The number of nitrogens with one attached hydrogen (secondary N) is 2. The lowest BCUT2D eigenvalue weighted by atomic mass is 10.1. The van der Waals surface area contributed by atoms with Gasteiger partial charge in [-0.25, -0.2) is 9.18 Å². The van der Waals surface area contributed by atoms with Crippen LogP contribution in [0.4, 0.5) is 29.3 Å². The second kappa shape index (κ2) is 10.3. The predicted octanol–water partition coefficient (Wildman–Crippen LogP) is 3.10. The number of hydrogen-bond donors (Lipinski definition) is 2. The molecule has 0 aromatic heterocycles. The molecule has 1 aliphatic heterocycles. The molecule has 2 aromatic rings. The number of carbonyl (C=O) groups excluding carboxylic acids is 3. The molecule has 4 amide bonds. The number of alkyl halides is 2. The number of rotatable bonds is 4. The molecule has 3 rings (SSSR count). The Hall–Kier alpha value is -3.31. The molecule has 0 radical (unpaired) electrons. The number of halogens is 4. The van der Waals surface area contributed by atoms with E-state index in [4.69, 9.17) is 16.3 Å². The standard InChI is InChI=1S/C20H18ClF3N4O4/c21-13-2-4-14(5-3-13)28(20(31)27-7-9-32-10-8-27)16-6-1-12(11-15(16)22)18(29)25-26-19(30)17(23)24/h1-6,11,17H,7-10H2,(H,25,29)(H,26,30). The molecule has 0 bridgehead atoms. The topological polar surface area (TPSA) is 91.0 Å². The van der Waals surface area contributed by atoms with Crippen LogP contribution in [0.5, 0.6) is 0 Å². The lowest BCUT2D eigenvalue weighted by Crippen LogP contribution is -2.47. The summed E-state index contributed by atoms with van der Waals surface area (Å²) in [6.07, 6.45) is -3.33. The summed E-state index contributed by atoms with van der Waals surface area (Å²) in [5.74, 6) is -3.64. The minimum atomic E-state index is -3.33. The monoisotopic (exact) mass is 470 g/mol. The second-order valence-corrected chi connectivity index (χ2v) is 7.04. The third kappa shape index (κ3) is 5.48. The van der Waals surface area contributed by atoms with E-state index < -0.39 is 30.1 Å². The van der Waals surface area contributed by atoms with Gasteiger partial charge in [-0.05, 0) is 42.5 Å². The van der Waals surface area contributed by atoms with Crippen molar-refractivity contribution in [3.05, 3.63) is 58.9 Å². The number of hydrogen-bond acceptors (Lipinski definition) is 4. The molecule has 2 N–H and O–H groups in total. The summed E-state index contributed by atoms with van der Waals surface area (Å²) >= 11 is 5.92. The fraction of sp³-hybridized carbons (Fsp3) is 0.250. The van der Waals surface area contributed by atoms with Gasteiger partial charge in [0.05, 0.1) is 24.6 Å². The highest BCUT2D eigenvalue weighted by atomic mass is 35.5. The van der Waals surface area contributed by atoms with Crippen molar-refractivity contribution in [1.29, 1.82) is 0 Å². The summed E-state index contributed by atoms with van der Waals surface area (Å²) in [5, 5.41) is 0.422. The molecule has 1 saturated heterocycles. The van der Waals surface area contributed by atoms with Crippen molar-refractivity contribution in [2.75, 3.05) is 31.2 Å². The number of carbonyl (C=O) groups is 3. The van der Waals surface area contributed by atoms with Crippen LogP contribution in [0.1, 0.15) is 10.4 Å². The zero-order valence-electron chi connectivity index (χ0n) is 16.5. The van der Waals surface area contributed by atoms with E-state index in [-0.39, 0.29) is 11.3 Å². The van der Waals surface area contributed by atoms with Gasteiger partial charge < -0.3 is 9.64 Å². The predicted molar refractivity (Wildman–Crippen MR) is 109 cm³/mol. The van der Waals surface area contributed by atoms with Crippen LogP contribution in [0, 0.1) is 5.82 Å². The van der Waals surface area contributed by atoms with Crippen molar-refractivity contribution in [3.8, 4) is 0 Å². The van der Waals surface area contributed by atoms with E-state index in [0.717, 1.165) is 11.0 Å². The van der Waals surface area contributed by atoms with Crippen molar-refractivity contribution in [2.45, 2.75) is 6.43 Å². The average Bonchev–Trinajstić information content (AvgIpc) is 2.79. The van der Waals surface area contributed by atoms with Crippen molar-refractivity contribution < 1.29 is 32.3 Å². The fourth-order valence-corrected chi connectivity index (χ4v) is 3.04. The molecule has 1 aliphatic rings. The van der Waals surface area contributed by atoms with Gasteiger partial charge in [0, 0.05) is 23.7 Å². The van der Waals surface area contributed by atoms with Gasteiger partial charge in [0.2, 0.25) is 0 Å². The zero-order valence-corrected chi connectivity index (χ0v) is 17.2. The fourth-order valence-electron chi connectivity index (χ4n) is 2.91. The number of amides is 4. The normalized spacial score (nSPS) is 13.6. The summed E-state index contributed by atoms with van der Waals surface area (Å²) in [7, 11) is 0. The van der Waals surface area contributed by atoms with Gasteiger partial charge in [-0.3, -0.25) is 25.3 Å². The molecule has 0 aliphatic carbocycles. The van der Waals surface area contributed by atoms with E-state index in [1.54, 1.807) is 29.7 Å². The van der Waals surface area contributed by atoms with Crippen LogP contribution < -0.4 is 15.8 Å². The highest BCUT2D eigenvalue weighted by molar-refractivity contribution is 6.30. The molecule has 8 nitrogen and oxygen atoms in total. The molecule has 170 valence electrons. The Morgan fingerprint density at radius 2 is 1.69 bits per heavy atom. The average molecular weight is 471 g/mol. The molecule has 0 saturated carbocycles. The molecular formula is C20H18ClF3N4O4. The lowest BCUT2D eigenvalue weighted by Gasteiger charge is -2.33. The Labute approximate surface area is 185 Å². The maximum atomic E-state index is 15.0. The van der Waals surface area contributed by atoms with Crippen LogP contribution in [0.3, 0.4) is 0 Å². The Balaban J connectivity index is 1.89. The van der Waals surface area contributed by atoms with Gasteiger partial charge in [0.15, 0.2) is 0 Å². The number of benzene rings is 2. The molecule has 32 heavy (non-hydrogen) atoms. The SMILES string of the molecule is O=C(NNC(=O)C(F)F)c1ccc(N(C(=O)N2CCOCC2)c2ccc(Cl)cc2)c(F)c1. The summed E-state index contributed by atoms with van der Waals surface area (Å²) in [4.78, 5) is 38.7. The number of nitrogens with zero attached hydrogens (tertiary/aromatic N) is 2. The summed E-state index contributed by atoms with van der Waals surface area (Å²) in [6, 6.07) is 8.89. The van der Waals surface area contributed by atoms with Gasteiger partial charge in [0.1, 0.15) is 5.82 Å². The van der Waals surface area contributed by atoms with E-state index in [2.05, 4.69) is 0 Å². The molecule has 1 fully saturated rings. The smallest absolute Gasteiger partial charge is 0.329 e. The number of ether oxygens (including phenoxy) is 1. The highest BCUT2D eigenvalue weighted by Crippen LogP contribution is 2.31. The van der Waals surface area contributed by atoms with E-state index in [9.17, 15) is 23.2 Å². The van der Waals surface area contributed by atoms with Crippen LogP contribution in [0.2, 0.25) is 5.02 Å². The van der Waals surface area contributed by atoms with Crippen molar-refractivity contribution >= 4 is 40.8 Å². The quantitative estimate of drug-likeness (QED) is 0.672. The van der Waals surface area contributed by atoms with E-state index in [0.29, 0.717) is 37.0 Å². The maximum absolute atomic E-state index is 15.0. The maximum Gasteiger partial charge on any atom is 0.329 e. The van der Waals surface area contributed by atoms with E-state index >= 15 is 4.39 Å². The van der Waals surface area contributed by atoms with Crippen molar-refractivity contribution in [1.82, 2.24) is 15.8 Å². The number of hydrazine groups is 1. The third-order valence-electron chi connectivity index (χ3n) is 4.51. The van der Waals surface area contributed by atoms with Gasteiger partial charge >= 0.3 is 18.4 Å². The summed E-state index contributed by atoms with van der Waals surface area (Å²) < 4.78 is 44.7. The summed E-state index contributed by atoms with van der Waals surface area (Å²) in [5.41, 5.74) is 3.23. The van der Waals surface area contributed by atoms with E-state index in [1.807, 2.05) is 0 Å². The Morgan fingerprint density at radius 3 is 2.28 bits per heavy atom. The highest BCUT2D eigenvalue weighted by Gasteiger charge is 2.28. The van der Waals surface area contributed by atoms with Crippen LogP contribution >= 0.6 is 11.6 Å². The van der Waals surface area contributed by atoms with Crippen molar-refractivity contribution in [3.63, 3.8) is 0 Å². The molecule has 0 unspecified atom stereocenters. The summed E-state index contributed by atoms with van der Waals surface area (Å²) in [6.45, 7) is 1.31. The number of urea groups is 1. The first kappa shape index (κ1) is 23.4. The van der Waals surface area contributed by atoms with Gasteiger partial charge in [-0.1, -0.05) is 11.6 Å².